The molecule has 2 heterocycles. The molecule has 0 bridgehead atoms. The first-order valence-electron chi connectivity index (χ1n) is 7.65. The number of nitrogens with one attached hydrogen (secondary N) is 1. The first-order chi connectivity index (χ1) is 11.2. The van der Waals surface area contributed by atoms with Crippen molar-refractivity contribution in [3.63, 3.8) is 0 Å². The molecule has 0 fully saturated rings. The average Bonchev–Trinajstić information content (AvgIpc) is 3.17. The van der Waals surface area contributed by atoms with Crippen molar-refractivity contribution in [2.45, 2.75) is 19.9 Å². The van der Waals surface area contributed by atoms with Crippen LogP contribution in [0.1, 0.15) is 18.0 Å². The Bertz CT molecular complexity index is 816. The van der Waals surface area contributed by atoms with Gasteiger partial charge in [0, 0.05) is 19.2 Å². The molecule has 0 atom stereocenters. The molecule has 3 aromatic rings. The van der Waals surface area contributed by atoms with Gasteiger partial charge in [0.15, 0.2) is 0 Å². The monoisotopic (exact) mass is 309 g/mol. The summed E-state index contributed by atoms with van der Waals surface area (Å²) >= 11 is 0. The lowest BCUT2D eigenvalue weighted by Gasteiger charge is -2.07. The van der Waals surface area contributed by atoms with Crippen molar-refractivity contribution < 1.29 is 9.21 Å². The quantitative estimate of drug-likeness (QED) is 0.562. The SMILES string of the molecule is Cc1nc2ccccc2n1CCCNC(=O)/C=C/c1ccco1. The van der Waals surface area contributed by atoms with E-state index in [4.69, 9.17) is 4.42 Å². The Balaban J connectivity index is 1.49. The highest BCUT2D eigenvalue weighted by atomic mass is 16.3. The molecule has 118 valence electrons. The molecular weight excluding hydrogens is 290 g/mol. The minimum atomic E-state index is -0.117. The fourth-order valence-corrected chi connectivity index (χ4v) is 2.53. The Morgan fingerprint density at radius 3 is 3.00 bits per heavy atom. The molecule has 0 aliphatic heterocycles. The highest BCUT2D eigenvalue weighted by Gasteiger charge is 2.06. The molecule has 0 aliphatic carbocycles. The average molecular weight is 309 g/mol. The van der Waals surface area contributed by atoms with Crippen LogP contribution in [-0.2, 0) is 11.3 Å². The maximum absolute atomic E-state index is 11.7. The number of carbonyl (C=O) groups excluding carboxylic acids is 1. The van der Waals surface area contributed by atoms with Crippen LogP contribution in [0.3, 0.4) is 0 Å². The molecule has 5 heteroatoms. The predicted molar refractivity (Wildman–Crippen MR) is 89.8 cm³/mol. The third-order valence-corrected chi connectivity index (χ3v) is 3.65. The van der Waals surface area contributed by atoms with Gasteiger partial charge in [-0.25, -0.2) is 4.98 Å². The number of aromatic nitrogens is 2. The molecule has 5 nitrogen and oxygen atoms in total. The van der Waals surface area contributed by atoms with Gasteiger partial charge in [-0.2, -0.15) is 0 Å². The third kappa shape index (κ3) is 3.69. The second-order valence-electron chi connectivity index (χ2n) is 5.29. The lowest BCUT2D eigenvalue weighted by Crippen LogP contribution is -2.23. The zero-order valence-electron chi connectivity index (χ0n) is 13.0. The molecule has 1 aromatic carbocycles. The van der Waals surface area contributed by atoms with Crippen LogP contribution in [0.2, 0.25) is 0 Å². The van der Waals surface area contributed by atoms with E-state index in [0.29, 0.717) is 12.3 Å². The van der Waals surface area contributed by atoms with Crippen LogP contribution in [0.4, 0.5) is 0 Å². The number of benzene rings is 1. The van der Waals surface area contributed by atoms with Gasteiger partial charge < -0.3 is 14.3 Å². The van der Waals surface area contributed by atoms with E-state index in [9.17, 15) is 4.79 Å². The molecule has 23 heavy (non-hydrogen) atoms. The number of nitrogens with zero attached hydrogens (tertiary/aromatic N) is 2. The first-order valence-corrected chi connectivity index (χ1v) is 7.65. The molecular formula is C18H19N3O2. The summed E-state index contributed by atoms with van der Waals surface area (Å²) in [6.45, 7) is 3.45. The molecule has 0 unspecified atom stereocenters. The number of carbonyl (C=O) groups is 1. The van der Waals surface area contributed by atoms with Crippen molar-refractivity contribution in [2.75, 3.05) is 6.54 Å². The molecule has 0 radical (unpaired) electrons. The second-order valence-corrected chi connectivity index (χ2v) is 5.29. The molecule has 0 saturated heterocycles. The molecule has 1 N–H and O–H groups in total. The molecule has 3 rings (SSSR count). The summed E-state index contributed by atoms with van der Waals surface area (Å²) in [6.07, 6.45) is 5.57. The largest absolute Gasteiger partial charge is 0.465 e. The van der Waals surface area contributed by atoms with E-state index in [0.717, 1.165) is 29.8 Å². The van der Waals surface area contributed by atoms with E-state index in [1.165, 1.54) is 6.08 Å². The fourth-order valence-electron chi connectivity index (χ4n) is 2.53. The lowest BCUT2D eigenvalue weighted by atomic mass is 10.3. The minimum Gasteiger partial charge on any atom is -0.465 e. The van der Waals surface area contributed by atoms with E-state index < -0.39 is 0 Å². The number of fused-ring (bicyclic) bond motifs is 1. The number of hydrogen-bond acceptors (Lipinski definition) is 3. The van der Waals surface area contributed by atoms with Gasteiger partial charge in [0.2, 0.25) is 5.91 Å². The van der Waals surface area contributed by atoms with Crippen LogP contribution in [0.15, 0.2) is 53.2 Å². The van der Waals surface area contributed by atoms with Crippen LogP contribution >= 0.6 is 0 Å². The first kappa shape index (κ1) is 15.1. The van der Waals surface area contributed by atoms with Gasteiger partial charge in [0.1, 0.15) is 11.6 Å². The van der Waals surface area contributed by atoms with Crippen LogP contribution in [0, 0.1) is 6.92 Å². The summed E-state index contributed by atoms with van der Waals surface area (Å²) < 4.78 is 7.32. The molecule has 0 spiro atoms. The number of furan rings is 1. The van der Waals surface area contributed by atoms with Crippen LogP contribution in [0.25, 0.3) is 17.1 Å². The Labute approximate surface area is 134 Å². The van der Waals surface area contributed by atoms with E-state index in [1.807, 2.05) is 25.1 Å². The van der Waals surface area contributed by atoms with Crippen LogP contribution in [0.5, 0.6) is 0 Å². The summed E-state index contributed by atoms with van der Waals surface area (Å²) in [4.78, 5) is 16.3. The van der Waals surface area contributed by atoms with E-state index in [2.05, 4.69) is 20.9 Å². The summed E-state index contributed by atoms with van der Waals surface area (Å²) in [5.41, 5.74) is 2.14. The van der Waals surface area contributed by atoms with E-state index in [-0.39, 0.29) is 5.91 Å². The van der Waals surface area contributed by atoms with Crippen LogP contribution in [-0.4, -0.2) is 22.0 Å². The molecule has 2 aromatic heterocycles. The van der Waals surface area contributed by atoms with Crippen molar-refractivity contribution in [1.82, 2.24) is 14.9 Å². The van der Waals surface area contributed by atoms with Gasteiger partial charge in [-0.3, -0.25) is 4.79 Å². The predicted octanol–water partition coefficient (Wildman–Crippen LogP) is 3.16. The highest BCUT2D eigenvalue weighted by Crippen LogP contribution is 2.15. The summed E-state index contributed by atoms with van der Waals surface area (Å²) in [7, 11) is 0. The Hall–Kier alpha value is -2.82. The normalized spacial score (nSPS) is 11.3. The molecule has 0 aliphatic rings. The van der Waals surface area contributed by atoms with Crippen molar-refractivity contribution in [1.29, 1.82) is 0 Å². The van der Waals surface area contributed by atoms with Gasteiger partial charge in [0.05, 0.1) is 17.3 Å². The Morgan fingerprint density at radius 1 is 1.30 bits per heavy atom. The van der Waals surface area contributed by atoms with Crippen molar-refractivity contribution >= 4 is 23.0 Å². The standard InChI is InChI=1S/C18H19N3O2/c1-14-20-16-7-2-3-8-17(16)21(14)12-5-11-19-18(22)10-9-15-6-4-13-23-15/h2-4,6-10,13H,5,11-12H2,1H3,(H,19,22)/b10-9+. The number of aryl methyl sites for hydroxylation is 2. The van der Waals surface area contributed by atoms with Gasteiger partial charge in [-0.05, 0) is 43.7 Å². The maximum atomic E-state index is 11.7. The third-order valence-electron chi connectivity index (χ3n) is 3.65. The molecule has 1 amide bonds. The number of rotatable bonds is 6. The zero-order chi connectivity index (χ0) is 16.1. The maximum Gasteiger partial charge on any atom is 0.244 e. The minimum absolute atomic E-state index is 0.117. The summed E-state index contributed by atoms with van der Waals surface area (Å²) in [5, 5.41) is 2.87. The summed E-state index contributed by atoms with van der Waals surface area (Å²) in [5.74, 6) is 1.55. The van der Waals surface area contributed by atoms with Gasteiger partial charge in [0.25, 0.3) is 0 Å². The fraction of sp³-hybridized carbons (Fsp3) is 0.222. The number of para-hydroxylation sites is 2. The number of hydrogen-bond donors (Lipinski definition) is 1. The van der Waals surface area contributed by atoms with Crippen molar-refractivity contribution in [2.24, 2.45) is 0 Å². The lowest BCUT2D eigenvalue weighted by molar-refractivity contribution is -0.116. The topological polar surface area (TPSA) is 60.1 Å². The van der Waals surface area contributed by atoms with Gasteiger partial charge in [-0.1, -0.05) is 12.1 Å². The van der Waals surface area contributed by atoms with Gasteiger partial charge >= 0.3 is 0 Å². The van der Waals surface area contributed by atoms with Crippen molar-refractivity contribution in [3.05, 3.63) is 60.3 Å². The van der Waals surface area contributed by atoms with Crippen LogP contribution < -0.4 is 5.32 Å². The highest BCUT2D eigenvalue weighted by molar-refractivity contribution is 5.91. The van der Waals surface area contributed by atoms with Gasteiger partial charge in [-0.15, -0.1) is 0 Å². The summed E-state index contributed by atoms with van der Waals surface area (Å²) in [6, 6.07) is 11.7. The van der Waals surface area contributed by atoms with E-state index >= 15 is 0 Å². The zero-order valence-corrected chi connectivity index (χ0v) is 13.0. The smallest absolute Gasteiger partial charge is 0.244 e. The number of amides is 1. The Kier molecular flexibility index (Phi) is 4.57. The second kappa shape index (κ2) is 6.96. The number of imidazole rings is 1. The van der Waals surface area contributed by atoms with Crippen molar-refractivity contribution in [3.8, 4) is 0 Å². The molecule has 0 saturated carbocycles. The van der Waals surface area contributed by atoms with E-state index in [1.54, 1.807) is 24.5 Å². The Morgan fingerprint density at radius 2 is 2.17 bits per heavy atom.